The molecule has 0 aliphatic carbocycles. The number of rotatable bonds is 3. The first kappa shape index (κ1) is 13.7. The van der Waals surface area contributed by atoms with Crippen LogP contribution in [0.25, 0.3) is 11.5 Å². The highest BCUT2D eigenvalue weighted by atomic mass is 127. The molecule has 3 rings (SSSR count). The van der Waals surface area contributed by atoms with Gasteiger partial charge in [0.15, 0.2) is 0 Å². The summed E-state index contributed by atoms with van der Waals surface area (Å²) in [7, 11) is 0. The molecule has 0 fully saturated rings. The summed E-state index contributed by atoms with van der Waals surface area (Å²) in [5.41, 5.74) is 2.11. The fourth-order valence-electron chi connectivity index (χ4n) is 1.83. The van der Waals surface area contributed by atoms with E-state index in [9.17, 15) is 4.79 Å². The van der Waals surface area contributed by atoms with Crippen molar-refractivity contribution in [3.8, 4) is 11.5 Å². The van der Waals surface area contributed by atoms with Crippen molar-refractivity contribution in [2.45, 2.75) is 0 Å². The Morgan fingerprint density at radius 2 is 1.95 bits per heavy atom. The van der Waals surface area contributed by atoms with Gasteiger partial charge < -0.3 is 9.73 Å². The molecule has 0 unspecified atom stereocenters. The molecule has 2 aromatic carbocycles. The van der Waals surface area contributed by atoms with E-state index in [1.165, 1.54) is 6.39 Å². The molecule has 0 spiro atoms. The molecule has 0 saturated heterocycles. The van der Waals surface area contributed by atoms with Crippen LogP contribution in [0.1, 0.15) is 10.4 Å². The maximum absolute atomic E-state index is 12.2. The highest BCUT2D eigenvalue weighted by Gasteiger charge is 2.08. The standard InChI is InChI=1S/C15H10IN3O2/c16-12-2-1-3-13(8-12)18-14(20)10-4-6-11(7-5-10)15-19-17-9-21-15/h1-9H,(H,18,20). The van der Waals surface area contributed by atoms with Crippen molar-refractivity contribution in [1.29, 1.82) is 0 Å². The van der Waals surface area contributed by atoms with Gasteiger partial charge in [0.2, 0.25) is 12.3 Å². The Kier molecular flexibility index (Phi) is 3.96. The molecule has 104 valence electrons. The third-order valence-corrected chi connectivity index (χ3v) is 3.51. The fourth-order valence-corrected chi connectivity index (χ4v) is 2.38. The topological polar surface area (TPSA) is 68.0 Å². The number of aromatic nitrogens is 2. The zero-order valence-corrected chi connectivity index (χ0v) is 12.9. The van der Waals surface area contributed by atoms with Gasteiger partial charge in [-0.25, -0.2) is 0 Å². The SMILES string of the molecule is O=C(Nc1cccc(I)c1)c1ccc(-c2nnco2)cc1. The van der Waals surface area contributed by atoms with Crippen LogP contribution in [0.15, 0.2) is 59.3 Å². The quantitative estimate of drug-likeness (QED) is 0.693. The van der Waals surface area contributed by atoms with Crippen molar-refractivity contribution >= 4 is 34.2 Å². The molecule has 0 radical (unpaired) electrons. The van der Waals surface area contributed by atoms with Gasteiger partial charge in [0.25, 0.3) is 5.91 Å². The van der Waals surface area contributed by atoms with Crippen LogP contribution in [0.4, 0.5) is 5.69 Å². The summed E-state index contributed by atoms with van der Waals surface area (Å²) in [5.74, 6) is 0.272. The number of halogens is 1. The van der Waals surface area contributed by atoms with E-state index in [0.717, 1.165) is 14.8 Å². The molecule has 6 heteroatoms. The molecule has 0 saturated carbocycles. The van der Waals surface area contributed by atoms with Crippen LogP contribution in [0, 0.1) is 3.57 Å². The third-order valence-electron chi connectivity index (χ3n) is 2.84. The third kappa shape index (κ3) is 3.27. The van der Waals surface area contributed by atoms with Gasteiger partial charge in [0.05, 0.1) is 0 Å². The number of hydrogen-bond acceptors (Lipinski definition) is 4. The highest BCUT2D eigenvalue weighted by Crippen LogP contribution is 2.18. The Balaban J connectivity index is 1.76. The van der Waals surface area contributed by atoms with Crippen molar-refractivity contribution in [2.24, 2.45) is 0 Å². The largest absolute Gasteiger partial charge is 0.423 e. The van der Waals surface area contributed by atoms with Crippen LogP contribution >= 0.6 is 22.6 Å². The van der Waals surface area contributed by atoms with E-state index in [1.807, 2.05) is 24.3 Å². The number of benzene rings is 2. The van der Waals surface area contributed by atoms with E-state index in [0.29, 0.717) is 11.5 Å². The molecule has 21 heavy (non-hydrogen) atoms. The van der Waals surface area contributed by atoms with Crippen molar-refractivity contribution in [1.82, 2.24) is 10.2 Å². The van der Waals surface area contributed by atoms with E-state index >= 15 is 0 Å². The molecule has 1 aromatic heterocycles. The summed E-state index contributed by atoms with van der Waals surface area (Å²) < 4.78 is 6.17. The summed E-state index contributed by atoms with van der Waals surface area (Å²) in [5, 5.41) is 10.3. The molecular formula is C15H10IN3O2. The molecule has 0 atom stereocenters. The lowest BCUT2D eigenvalue weighted by Gasteiger charge is -2.06. The maximum Gasteiger partial charge on any atom is 0.255 e. The van der Waals surface area contributed by atoms with Gasteiger partial charge >= 0.3 is 0 Å². The molecule has 1 N–H and O–H groups in total. The summed E-state index contributed by atoms with van der Waals surface area (Å²) in [4.78, 5) is 12.2. The minimum absolute atomic E-state index is 0.158. The lowest BCUT2D eigenvalue weighted by Crippen LogP contribution is -2.11. The number of hydrogen-bond donors (Lipinski definition) is 1. The number of amides is 1. The average Bonchev–Trinajstić information content (AvgIpc) is 3.01. The second-order valence-corrected chi connectivity index (χ2v) is 5.53. The van der Waals surface area contributed by atoms with E-state index in [1.54, 1.807) is 24.3 Å². The predicted molar refractivity (Wildman–Crippen MR) is 86.8 cm³/mol. The van der Waals surface area contributed by atoms with Crippen molar-refractivity contribution in [3.63, 3.8) is 0 Å². The smallest absolute Gasteiger partial charge is 0.255 e. The second kappa shape index (κ2) is 6.04. The number of anilines is 1. The summed E-state index contributed by atoms with van der Waals surface area (Å²) in [6, 6.07) is 14.6. The minimum Gasteiger partial charge on any atom is -0.423 e. The van der Waals surface area contributed by atoms with Gasteiger partial charge in [-0.05, 0) is 65.1 Å². The second-order valence-electron chi connectivity index (χ2n) is 4.29. The van der Waals surface area contributed by atoms with Gasteiger partial charge in [-0.3, -0.25) is 4.79 Å². The maximum atomic E-state index is 12.2. The Hall–Kier alpha value is -2.22. The van der Waals surface area contributed by atoms with E-state index in [2.05, 4.69) is 38.1 Å². The van der Waals surface area contributed by atoms with E-state index in [4.69, 9.17) is 4.42 Å². The van der Waals surface area contributed by atoms with Crippen molar-refractivity contribution in [3.05, 3.63) is 64.1 Å². The van der Waals surface area contributed by atoms with Crippen LogP contribution in [-0.4, -0.2) is 16.1 Å². The average molecular weight is 391 g/mol. The Morgan fingerprint density at radius 3 is 2.62 bits per heavy atom. The van der Waals surface area contributed by atoms with Crippen LogP contribution in [0.5, 0.6) is 0 Å². The van der Waals surface area contributed by atoms with E-state index < -0.39 is 0 Å². The minimum atomic E-state index is -0.158. The zero-order valence-electron chi connectivity index (χ0n) is 10.8. The normalized spacial score (nSPS) is 10.3. The van der Waals surface area contributed by atoms with Gasteiger partial charge in [0.1, 0.15) is 0 Å². The molecule has 0 aliphatic rings. The summed E-state index contributed by atoms with van der Waals surface area (Å²) in [6.45, 7) is 0. The van der Waals surface area contributed by atoms with Gasteiger partial charge in [-0.1, -0.05) is 6.07 Å². The molecule has 0 aliphatic heterocycles. The van der Waals surface area contributed by atoms with Crippen LogP contribution < -0.4 is 5.32 Å². The predicted octanol–water partition coefficient (Wildman–Crippen LogP) is 3.59. The number of carbonyl (C=O) groups excluding carboxylic acids is 1. The Morgan fingerprint density at radius 1 is 1.14 bits per heavy atom. The van der Waals surface area contributed by atoms with Crippen molar-refractivity contribution < 1.29 is 9.21 Å². The summed E-state index contributed by atoms with van der Waals surface area (Å²) in [6.07, 6.45) is 1.27. The van der Waals surface area contributed by atoms with Crippen molar-refractivity contribution in [2.75, 3.05) is 5.32 Å². The van der Waals surface area contributed by atoms with Crippen LogP contribution in [-0.2, 0) is 0 Å². The molecule has 1 heterocycles. The zero-order chi connectivity index (χ0) is 14.7. The van der Waals surface area contributed by atoms with Crippen LogP contribution in [0.2, 0.25) is 0 Å². The molecular weight excluding hydrogens is 381 g/mol. The molecule has 1 amide bonds. The summed E-state index contributed by atoms with van der Waals surface area (Å²) >= 11 is 2.20. The van der Waals surface area contributed by atoms with E-state index in [-0.39, 0.29) is 5.91 Å². The number of carbonyl (C=O) groups is 1. The van der Waals surface area contributed by atoms with Gasteiger partial charge in [-0.2, -0.15) is 0 Å². The monoisotopic (exact) mass is 391 g/mol. The van der Waals surface area contributed by atoms with Crippen LogP contribution in [0.3, 0.4) is 0 Å². The highest BCUT2D eigenvalue weighted by molar-refractivity contribution is 14.1. The number of nitrogens with one attached hydrogen (secondary N) is 1. The molecule has 3 aromatic rings. The first-order valence-electron chi connectivity index (χ1n) is 6.16. The fraction of sp³-hybridized carbons (Fsp3) is 0. The lowest BCUT2D eigenvalue weighted by molar-refractivity contribution is 0.102. The first-order valence-corrected chi connectivity index (χ1v) is 7.24. The first-order chi connectivity index (χ1) is 10.2. The molecule has 5 nitrogen and oxygen atoms in total. The Labute approximate surface area is 134 Å². The van der Waals surface area contributed by atoms with Gasteiger partial charge in [0, 0.05) is 20.4 Å². The Bertz CT molecular complexity index is 755. The van der Waals surface area contributed by atoms with Gasteiger partial charge in [-0.15, -0.1) is 10.2 Å². The molecule has 0 bridgehead atoms. The number of nitrogens with zero attached hydrogens (tertiary/aromatic N) is 2. The lowest BCUT2D eigenvalue weighted by atomic mass is 10.1.